The maximum Gasteiger partial charge on any atom is 0.417 e. The molecule has 2 aromatic rings. The van der Waals surface area contributed by atoms with Crippen molar-refractivity contribution in [3.8, 4) is 0 Å². The number of anilines is 3. The van der Waals surface area contributed by atoms with E-state index in [4.69, 9.17) is 11.6 Å². The first-order valence-electron chi connectivity index (χ1n) is 10.2. The Labute approximate surface area is 208 Å². The Bertz CT molecular complexity index is 1400. The summed E-state index contributed by atoms with van der Waals surface area (Å²) in [5, 5.41) is 8.87. The number of carbonyl (C=O) groups excluding carboxylic acids is 2. The number of nitrogens with zero attached hydrogens (tertiary/aromatic N) is 4. The van der Waals surface area contributed by atoms with Crippen LogP contribution in [0.2, 0.25) is 5.02 Å². The summed E-state index contributed by atoms with van der Waals surface area (Å²) in [7, 11) is -1.20. The maximum atomic E-state index is 13.3. The Morgan fingerprint density at radius 2 is 1.75 bits per heavy atom. The van der Waals surface area contributed by atoms with E-state index in [1.807, 2.05) is 0 Å². The molecule has 1 unspecified atom stereocenters. The highest BCUT2D eigenvalue weighted by Crippen LogP contribution is 2.42. The monoisotopic (exact) mass is 546 g/mol. The molecule has 1 fully saturated rings. The number of amides is 3. The van der Waals surface area contributed by atoms with Gasteiger partial charge in [0.15, 0.2) is 5.92 Å². The van der Waals surface area contributed by atoms with Crippen LogP contribution in [0.3, 0.4) is 0 Å². The van der Waals surface area contributed by atoms with Gasteiger partial charge in [-0.3, -0.25) is 28.0 Å². The SMILES string of the molecule is CN1c2ccc(N3CC(C(=O)O)C(=O)N(Cc4cccc(C(F)(F)F)c4Cl)C3=O)cc2N(C)S1(=O)=O. The number of hydrogen-bond donors (Lipinski definition) is 1. The molecular weight excluding hydrogens is 529 g/mol. The van der Waals surface area contributed by atoms with E-state index >= 15 is 0 Å². The van der Waals surface area contributed by atoms with E-state index in [1.165, 1.54) is 38.4 Å². The number of imide groups is 1. The molecule has 3 amide bonds. The van der Waals surface area contributed by atoms with Crippen LogP contribution >= 0.6 is 11.6 Å². The van der Waals surface area contributed by atoms with Crippen LogP contribution in [0.5, 0.6) is 0 Å². The van der Waals surface area contributed by atoms with Gasteiger partial charge in [-0.15, -0.1) is 0 Å². The number of carboxylic acid groups (broad SMARTS) is 1. The summed E-state index contributed by atoms with van der Waals surface area (Å²) in [6.07, 6.45) is -4.79. The predicted molar refractivity (Wildman–Crippen MR) is 123 cm³/mol. The number of rotatable bonds is 4. The van der Waals surface area contributed by atoms with E-state index in [0.29, 0.717) is 10.6 Å². The van der Waals surface area contributed by atoms with E-state index in [-0.39, 0.29) is 16.9 Å². The molecule has 4 rings (SSSR count). The Hall–Kier alpha value is -3.52. The molecule has 0 aliphatic carbocycles. The van der Waals surface area contributed by atoms with Crippen molar-refractivity contribution >= 4 is 56.8 Å². The first kappa shape index (κ1) is 25.6. The van der Waals surface area contributed by atoms with Crippen LogP contribution in [0.25, 0.3) is 0 Å². The molecule has 0 spiro atoms. The van der Waals surface area contributed by atoms with Crippen LogP contribution < -0.4 is 13.5 Å². The second kappa shape index (κ2) is 8.55. The predicted octanol–water partition coefficient (Wildman–Crippen LogP) is 3.16. The smallest absolute Gasteiger partial charge is 0.417 e. The van der Waals surface area contributed by atoms with Gasteiger partial charge in [0.1, 0.15) is 0 Å². The molecule has 0 bridgehead atoms. The highest BCUT2D eigenvalue weighted by molar-refractivity contribution is 7.94. The molecule has 36 heavy (non-hydrogen) atoms. The Morgan fingerprint density at radius 1 is 1.11 bits per heavy atom. The summed E-state index contributed by atoms with van der Waals surface area (Å²) in [6.45, 7) is -1.27. The molecular formula is C21H18ClF3N4O6S. The first-order chi connectivity index (χ1) is 16.7. The van der Waals surface area contributed by atoms with Gasteiger partial charge in [0.25, 0.3) is 0 Å². The van der Waals surface area contributed by atoms with E-state index in [0.717, 1.165) is 25.6 Å². The lowest BCUT2D eigenvalue weighted by molar-refractivity contribution is -0.150. The van der Waals surface area contributed by atoms with Crippen molar-refractivity contribution in [3.05, 3.63) is 52.5 Å². The first-order valence-corrected chi connectivity index (χ1v) is 12.0. The largest absolute Gasteiger partial charge is 0.481 e. The summed E-state index contributed by atoms with van der Waals surface area (Å²) >= 11 is 5.91. The van der Waals surface area contributed by atoms with Gasteiger partial charge in [0.2, 0.25) is 5.91 Å². The number of aliphatic carboxylic acids is 1. The second-order valence-corrected chi connectivity index (χ2v) is 10.5. The van der Waals surface area contributed by atoms with Gasteiger partial charge in [0.05, 0.1) is 28.5 Å². The lowest BCUT2D eigenvalue weighted by atomic mass is 10.0. The zero-order valence-corrected chi connectivity index (χ0v) is 20.2. The number of alkyl halides is 3. The van der Waals surface area contributed by atoms with Gasteiger partial charge in [-0.1, -0.05) is 23.7 Å². The van der Waals surface area contributed by atoms with Gasteiger partial charge in [-0.05, 0) is 29.8 Å². The van der Waals surface area contributed by atoms with Crippen molar-refractivity contribution in [2.45, 2.75) is 12.7 Å². The van der Waals surface area contributed by atoms with Crippen LogP contribution in [0.4, 0.5) is 35.0 Å². The van der Waals surface area contributed by atoms with Gasteiger partial charge < -0.3 is 5.11 Å². The van der Waals surface area contributed by atoms with Crippen molar-refractivity contribution in [2.75, 3.05) is 34.2 Å². The molecule has 10 nitrogen and oxygen atoms in total. The van der Waals surface area contributed by atoms with Gasteiger partial charge in [-0.25, -0.2) is 4.79 Å². The molecule has 1 saturated heterocycles. The number of halogens is 4. The van der Waals surface area contributed by atoms with E-state index in [2.05, 4.69) is 0 Å². The molecule has 2 aliphatic rings. The lowest BCUT2D eigenvalue weighted by Gasteiger charge is -2.37. The molecule has 0 saturated carbocycles. The molecule has 1 atom stereocenters. The normalized spacial score (nSPS) is 19.7. The van der Waals surface area contributed by atoms with Crippen LogP contribution in [-0.2, 0) is 32.5 Å². The van der Waals surface area contributed by atoms with Crippen LogP contribution in [0.1, 0.15) is 11.1 Å². The zero-order chi connectivity index (χ0) is 26.7. The summed E-state index contributed by atoms with van der Waals surface area (Å²) < 4.78 is 66.6. The molecule has 2 aromatic carbocycles. The molecule has 0 aromatic heterocycles. The second-order valence-electron chi connectivity index (χ2n) is 8.10. The van der Waals surface area contributed by atoms with Gasteiger partial charge in [0, 0.05) is 26.3 Å². The van der Waals surface area contributed by atoms with Crippen LogP contribution in [0.15, 0.2) is 36.4 Å². The number of carboxylic acids is 1. The number of urea groups is 1. The number of hydrogen-bond acceptors (Lipinski definition) is 5. The van der Waals surface area contributed by atoms with Crippen molar-refractivity contribution in [1.82, 2.24) is 4.90 Å². The summed E-state index contributed by atoms with van der Waals surface area (Å²) in [6, 6.07) is 6.14. The zero-order valence-electron chi connectivity index (χ0n) is 18.7. The molecule has 192 valence electrons. The topological polar surface area (TPSA) is 119 Å². The Kier molecular flexibility index (Phi) is 6.07. The van der Waals surface area contributed by atoms with Crippen LogP contribution in [-0.4, -0.2) is 57.0 Å². The minimum absolute atomic E-state index is 0.0926. The molecule has 0 radical (unpaired) electrons. The van der Waals surface area contributed by atoms with E-state index in [1.54, 1.807) is 0 Å². The lowest BCUT2D eigenvalue weighted by Crippen LogP contribution is -2.58. The van der Waals surface area contributed by atoms with Crippen molar-refractivity contribution in [2.24, 2.45) is 5.92 Å². The average Bonchev–Trinajstić information content (AvgIpc) is 2.96. The highest BCUT2D eigenvalue weighted by atomic mass is 35.5. The molecule has 1 N–H and O–H groups in total. The van der Waals surface area contributed by atoms with Crippen molar-refractivity contribution < 1.29 is 41.1 Å². The summed E-state index contributed by atoms with van der Waals surface area (Å²) in [4.78, 5) is 39.5. The standard InChI is InChI=1S/C21H18ClF3N4O6S/c1-26-15-7-6-12(8-16(15)27(2)36(26,34)35)28-10-13(19(31)32)18(30)29(20(28)33)9-11-4-3-5-14(17(11)22)21(23,24)25/h3-8,13H,9-10H2,1-2H3,(H,31,32). The number of benzene rings is 2. The van der Waals surface area contributed by atoms with Crippen LogP contribution in [0, 0.1) is 5.92 Å². The fraction of sp³-hybridized carbons (Fsp3) is 0.286. The third-order valence-electron chi connectivity index (χ3n) is 6.04. The summed E-state index contributed by atoms with van der Waals surface area (Å²) in [5.74, 6) is -4.37. The number of fused-ring (bicyclic) bond motifs is 1. The molecule has 2 aliphatic heterocycles. The Morgan fingerprint density at radius 3 is 2.36 bits per heavy atom. The third kappa shape index (κ3) is 3.99. The van der Waals surface area contributed by atoms with Gasteiger partial charge >= 0.3 is 28.4 Å². The van der Waals surface area contributed by atoms with Crippen molar-refractivity contribution in [1.29, 1.82) is 0 Å². The van der Waals surface area contributed by atoms with Gasteiger partial charge in [-0.2, -0.15) is 21.6 Å². The van der Waals surface area contributed by atoms with E-state index < -0.39 is 63.9 Å². The quantitative estimate of drug-likeness (QED) is 0.589. The minimum atomic E-state index is -4.79. The minimum Gasteiger partial charge on any atom is -0.481 e. The fourth-order valence-electron chi connectivity index (χ4n) is 4.03. The maximum absolute atomic E-state index is 13.3. The summed E-state index contributed by atoms with van der Waals surface area (Å²) in [5.41, 5.74) is -0.768. The van der Waals surface area contributed by atoms with E-state index in [9.17, 15) is 41.1 Å². The third-order valence-corrected chi connectivity index (χ3v) is 8.27. The van der Waals surface area contributed by atoms with Crippen molar-refractivity contribution in [3.63, 3.8) is 0 Å². The highest BCUT2D eigenvalue weighted by Gasteiger charge is 2.45. The average molecular weight is 547 g/mol. The molecule has 2 heterocycles. The fourth-order valence-corrected chi connectivity index (χ4v) is 5.49. The Balaban J connectivity index is 1.74. The molecule has 15 heteroatoms. The number of carbonyl (C=O) groups is 3.